The molecule has 0 heterocycles. The van der Waals surface area contributed by atoms with Gasteiger partial charge in [-0.2, -0.15) is 0 Å². The van der Waals surface area contributed by atoms with E-state index >= 15 is 0 Å². The molecule has 5 nitrogen and oxygen atoms in total. The van der Waals surface area contributed by atoms with Crippen molar-refractivity contribution in [2.75, 3.05) is 0 Å². The summed E-state index contributed by atoms with van der Waals surface area (Å²) in [6.45, 7) is 3.39. The molecule has 0 spiro atoms. The van der Waals surface area contributed by atoms with E-state index in [0.29, 0.717) is 6.42 Å². The minimum atomic E-state index is -4.13. The third kappa shape index (κ3) is 2.83. The third-order valence-electron chi connectivity index (χ3n) is 2.37. The average molecular weight is 251 g/mol. The first-order valence-corrected chi connectivity index (χ1v) is 7.02. The van der Waals surface area contributed by atoms with Crippen LogP contribution in [-0.4, -0.2) is 14.9 Å². The molecule has 1 rings (SSSR count). The summed E-state index contributed by atoms with van der Waals surface area (Å²) in [7, 11) is -7.20. The molecule has 1 aliphatic rings. The topological polar surface area (TPSA) is 83.8 Å². The fraction of sp³-hybridized carbons (Fsp3) is 0.500. The van der Waals surface area contributed by atoms with Gasteiger partial charge in [-0.25, -0.2) is 0 Å². The standard InChI is InChI=1S/C8H12O5P2/c1-7-3-5-8(2,6-4-7)15(11,12)13-14(9)10/h3-5H,6H2,1-2H3,(H-,9,10,11,12)/p+1. The fourth-order valence-corrected chi connectivity index (χ4v) is 3.30. The average Bonchev–Trinajstić information content (AvgIpc) is 2.08. The molecule has 0 saturated carbocycles. The van der Waals surface area contributed by atoms with Gasteiger partial charge in [-0.1, -0.05) is 23.8 Å². The monoisotopic (exact) mass is 251 g/mol. The van der Waals surface area contributed by atoms with Crippen LogP contribution in [0, 0.1) is 0 Å². The predicted octanol–water partition coefficient (Wildman–Crippen LogP) is 2.50. The first-order chi connectivity index (χ1) is 6.77. The van der Waals surface area contributed by atoms with Crippen LogP contribution in [0.5, 0.6) is 0 Å². The molecule has 0 fully saturated rings. The SMILES string of the molecule is CC1=CCC(C)(P(=O)(O)O[P+](=O)O)C=C1. The Bertz CT molecular complexity index is 386. The first kappa shape index (κ1) is 12.8. The number of rotatable bonds is 3. The zero-order valence-electron chi connectivity index (χ0n) is 8.45. The van der Waals surface area contributed by atoms with E-state index in [1.807, 2.05) is 6.92 Å². The van der Waals surface area contributed by atoms with Gasteiger partial charge in [-0.05, 0) is 24.6 Å². The molecule has 15 heavy (non-hydrogen) atoms. The second kappa shape index (κ2) is 4.28. The van der Waals surface area contributed by atoms with Gasteiger partial charge >= 0.3 is 15.9 Å². The Labute approximate surface area is 89.0 Å². The number of hydrogen-bond acceptors (Lipinski definition) is 3. The summed E-state index contributed by atoms with van der Waals surface area (Å²) in [5, 5.41) is -1.12. The molecule has 0 saturated heterocycles. The highest BCUT2D eigenvalue weighted by atomic mass is 31.2. The van der Waals surface area contributed by atoms with Gasteiger partial charge in [0.25, 0.3) is 0 Å². The molecule has 84 valence electrons. The summed E-state index contributed by atoms with van der Waals surface area (Å²) in [5.74, 6) is 0. The van der Waals surface area contributed by atoms with Crippen LogP contribution in [0.1, 0.15) is 20.3 Å². The Morgan fingerprint density at radius 3 is 2.67 bits per heavy atom. The Morgan fingerprint density at radius 2 is 2.27 bits per heavy atom. The van der Waals surface area contributed by atoms with E-state index in [0.717, 1.165) is 5.57 Å². The lowest BCUT2D eigenvalue weighted by Crippen LogP contribution is -2.23. The van der Waals surface area contributed by atoms with Gasteiger partial charge in [-0.15, -0.1) is 4.89 Å². The van der Waals surface area contributed by atoms with Gasteiger partial charge in [-0.3, -0.25) is 4.57 Å². The van der Waals surface area contributed by atoms with Crippen molar-refractivity contribution in [1.82, 2.24) is 0 Å². The van der Waals surface area contributed by atoms with Gasteiger partial charge in [0.2, 0.25) is 0 Å². The van der Waals surface area contributed by atoms with E-state index in [4.69, 9.17) is 4.89 Å². The Balaban J connectivity index is 2.93. The normalized spacial score (nSPS) is 30.7. The Morgan fingerprint density at radius 1 is 1.67 bits per heavy atom. The summed E-state index contributed by atoms with van der Waals surface area (Å²) in [6, 6.07) is 0. The number of allylic oxidation sites excluding steroid dienone is 4. The van der Waals surface area contributed by atoms with Crippen molar-refractivity contribution in [3.05, 3.63) is 23.8 Å². The smallest absolute Gasteiger partial charge is 0.321 e. The fourth-order valence-electron chi connectivity index (χ4n) is 1.21. The lowest BCUT2D eigenvalue weighted by Gasteiger charge is -2.27. The summed E-state index contributed by atoms with van der Waals surface area (Å²) in [4.78, 5) is 18.1. The summed E-state index contributed by atoms with van der Waals surface area (Å²) in [6.07, 6.45) is 5.34. The van der Waals surface area contributed by atoms with Crippen molar-refractivity contribution in [2.45, 2.75) is 25.4 Å². The zero-order chi connectivity index (χ0) is 11.7. The van der Waals surface area contributed by atoms with Crippen LogP contribution < -0.4 is 0 Å². The molecular weight excluding hydrogens is 238 g/mol. The van der Waals surface area contributed by atoms with Gasteiger partial charge in [0.15, 0.2) is 0 Å². The molecule has 0 aromatic rings. The molecule has 0 bridgehead atoms. The van der Waals surface area contributed by atoms with Crippen molar-refractivity contribution in [3.63, 3.8) is 0 Å². The summed E-state index contributed by atoms with van der Waals surface area (Å²) in [5.41, 5.74) is 0.987. The number of hydrogen-bond donors (Lipinski definition) is 2. The minimum Gasteiger partial charge on any atom is -0.321 e. The molecule has 2 N–H and O–H groups in total. The lowest BCUT2D eigenvalue weighted by atomic mass is 9.98. The van der Waals surface area contributed by atoms with Crippen LogP contribution in [0.2, 0.25) is 0 Å². The lowest BCUT2D eigenvalue weighted by molar-refractivity contribution is 0.330. The predicted molar refractivity (Wildman–Crippen MR) is 56.7 cm³/mol. The molecule has 7 heteroatoms. The van der Waals surface area contributed by atoms with E-state index < -0.39 is 21.0 Å². The van der Waals surface area contributed by atoms with E-state index in [2.05, 4.69) is 4.31 Å². The molecule has 0 aromatic heterocycles. The van der Waals surface area contributed by atoms with Crippen molar-refractivity contribution >= 4 is 15.9 Å². The van der Waals surface area contributed by atoms with Crippen molar-refractivity contribution in [3.8, 4) is 0 Å². The first-order valence-electron chi connectivity index (χ1n) is 4.32. The molecule has 1 aliphatic carbocycles. The second-order valence-corrected chi connectivity index (χ2v) is 6.87. The van der Waals surface area contributed by atoms with Gasteiger partial charge in [0.1, 0.15) is 0 Å². The zero-order valence-corrected chi connectivity index (χ0v) is 10.2. The highest BCUT2D eigenvalue weighted by molar-refractivity contribution is 7.61. The van der Waals surface area contributed by atoms with Crippen LogP contribution in [0.25, 0.3) is 0 Å². The highest BCUT2D eigenvalue weighted by Gasteiger charge is 2.49. The van der Waals surface area contributed by atoms with Gasteiger partial charge < -0.3 is 4.89 Å². The maximum atomic E-state index is 11.7. The van der Waals surface area contributed by atoms with Crippen molar-refractivity contribution in [1.29, 1.82) is 0 Å². The van der Waals surface area contributed by atoms with Crippen LogP contribution in [0.15, 0.2) is 23.8 Å². The van der Waals surface area contributed by atoms with Gasteiger partial charge in [0, 0.05) is 4.57 Å². The molecule has 0 radical (unpaired) electrons. The molecule has 0 amide bonds. The maximum absolute atomic E-state index is 11.7. The van der Waals surface area contributed by atoms with Crippen LogP contribution in [0.4, 0.5) is 0 Å². The molecular formula is C8H13O5P2+. The highest BCUT2D eigenvalue weighted by Crippen LogP contribution is 2.62. The molecule has 3 atom stereocenters. The van der Waals surface area contributed by atoms with E-state index in [9.17, 15) is 14.0 Å². The quantitative estimate of drug-likeness (QED) is 0.753. The summed E-state index contributed by atoms with van der Waals surface area (Å²) < 4.78 is 26.3. The van der Waals surface area contributed by atoms with Crippen LogP contribution >= 0.6 is 15.9 Å². The van der Waals surface area contributed by atoms with Crippen molar-refractivity contribution < 1.29 is 23.2 Å². The van der Waals surface area contributed by atoms with Crippen LogP contribution in [0.3, 0.4) is 0 Å². The third-order valence-corrected chi connectivity index (χ3v) is 5.44. The Kier molecular flexibility index (Phi) is 3.64. The van der Waals surface area contributed by atoms with Gasteiger partial charge in [0.05, 0.1) is 5.16 Å². The van der Waals surface area contributed by atoms with Crippen molar-refractivity contribution in [2.24, 2.45) is 0 Å². The summed E-state index contributed by atoms with van der Waals surface area (Å²) >= 11 is 0. The molecule has 3 unspecified atom stereocenters. The maximum Gasteiger partial charge on any atom is 0.703 e. The minimum absolute atomic E-state index is 0.312. The molecule has 0 aliphatic heterocycles. The van der Waals surface area contributed by atoms with E-state index in [1.54, 1.807) is 18.2 Å². The van der Waals surface area contributed by atoms with E-state index in [-0.39, 0.29) is 0 Å². The van der Waals surface area contributed by atoms with E-state index in [1.165, 1.54) is 6.92 Å². The van der Waals surface area contributed by atoms with Crippen LogP contribution in [-0.2, 0) is 13.4 Å². The molecule has 0 aromatic carbocycles. The Hall–Kier alpha value is -0.310. The largest absolute Gasteiger partial charge is 0.703 e. The second-order valence-electron chi connectivity index (χ2n) is 3.68.